The highest BCUT2D eigenvalue weighted by Crippen LogP contribution is 2.18. The second kappa shape index (κ2) is 10.2. The van der Waals surface area contributed by atoms with Crippen molar-refractivity contribution < 1.29 is 17.9 Å². The maximum Gasteiger partial charge on any atom is 0.350 e. The topological polar surface area (TPSA) is 99.5 Å². The number of nitrogens with zero attached hydrogens (tertiary/aromatic N) is 2. The minimum atomic E-state index is -3.68. The van der Waals surface area contributed by atoms with Crippen LogP contribution in [-0.4, -0.2) is 38.4 Å². The maximum absolute atomic E-state index is 12.6. The summed E-state index contributed by atoms with van der Waals surface area (Å²) < 4.78 is 31.2. The van der Waals surface area contributed by atoms with Gasteiger partial charge < -0.3 is 10.1 Å². The normalized spacial score (nSPS) is 11.5. The lowest BCUT2D eigenvalue weighted by Gasteiger charge is -2.19. The van der Waals surface area contributed by atoms with Crippen molar-refractivity contribution in [3.05, 3.63) is 61.3 Å². The first-order chi connectivity index (χ1) is 12.4. The lowest BCUT2D eigenvalue weighted by Crippen LogP contribution is -2.31. The van der Waals surface area contributed by atoms with Crippen molar-refractivity contribution in [1.82, 2.24) is 4.31 Å². The van der Waals surface area contributed by atoms with Gasteiger partial charge in [0.05, 0.1) is 11.5 Å². The first kappa shape index (κ1) is 21.2. The smallest absolute Gasteiger partial charge is 0.350 e. The third-order valence-corrected chi connectivity index (χ3v) is 5.00. The molecular weight excluding hydrogens is 354 g/mol. The molecule has 138 valence electrons. The summed E-state index contributed by atoms with van der Waals surface area (Å²) in [7, 11) is -3.68. The molecule has 1 aromatic carbocycles. The minimum absolute atomic E-state index is 0.113. The fourth-order valence-corrected chi connectivity index (χ4v) is 3.31. The van der Waals surface area contributed by atoms with E-state index in [9.17, 15) is 13.2 Å². The van der Waals surface area contributed by atoms with Crippen LogP contribution in [0.25, 0.3) is 0 Å². The first-order valence-electron chi connectivity index (χ1n) is 7.76. The van der Waals surface area contributed by atoms with Gasteiger partial charge in [0, 0.05) is 25.0 Å². The van der Waals surface area contributed by atoms with E-state index < -0.39 is 16.0 Å². The van der Waals surface area contributed by atoms with Crippen LogP contribution in [0.2, 0.25) is 0 Å². The Balaban J connectivity index is 2.98. The Labute approximate surface area is 153 Å². The second-order valence-electron chi connectivity index (χ2n) is 4.96. The minimum Gasteiger partial charge on any atom is -0.462 e. The number of nitriles is 1. The largest absolute Gasteiger partial charge is 0.462 e. The Morgan fingerprint density at radius 1 is 1.27 bits per heavy atom. The van der Waals surface area contributed by atoms with Crippen molar-refractivity contribution in [2.45, 2.75) is 11.8 Å². The quantitative estimate of drug-likeness (QED) is 0.292. The molecule has 0 aromatic heterocycles. The van der Waals surface area contributed by atoms with Gasteiger partial charge in [-0.3, -0.25) is 0 Å². The number of carbonyl (C=O) groups is 1. The van der Waals surface area contributed by atoms with Crippen LogP contribution < -0.4 is 5.32 Å². The van der Waals surface area contributed by atoms with E-state index in [0.717, 1.165) is 0 Å². The fraction of sp³-hybridized carbons (Fsp3) is 0.222. The van der Waals surface area contributed by atoms with Crippen LogP contribution in [0, 0.1) is 11.3 Å². The number of rotatable bonds is 10. The van der Waals surface area contributed by atoms with Gasteiger partial charge in [-0.25, -0.2) is 13.2 Å². The zero-order chi connectivity index (χ0) is 19.6. The number of sulfonamides is 1. The molecule has 0 saturated heterocycles. The molecule has 0 aliphatic heterocycles. The Morgan fingerprint density at radius 2 is 1.85 bits per heavy atom. The van der Waals surface area contributed by atoms with Gasteiger partial charge in [0.25, 0.3) is 0 Å². The van der Waals surface area contributed by atoms with Crippen LogP contribution in [-0.2, 0) is 19.6 Å². The van der Waals surface area contributed by atoms with E-state index in [-0.39, 0.29) is 30.2 Å². The molecule has 0 atom stereocenters. The molecule has 8 heteroatoms. The summed E-state index contributed by atoms with van der Waals surface area (Å²) in [6.07, 6.45) is 4.21. The van der Waals surface area contributed by atoms with E-state index in [2.05, 4.69) is 18.5 Å². The van der Waals surface area contributed by atoms with E-state index in [0.29, 0.717) is 5.69 Å². The molecule has 0 bridgehead atoms. The van der Waals surface area contributed by atoms with Crippen LogP contribution in [0.5, 0.6) is 0 Å². The Hall–Kier alpha value is -2.89. The summed E-state index contributed by atoms with van der Waals surface area (Å²) in [5.74, 6) is -0.730. The number of hydrogen-bond donors (Lipinski definition) is 1. The zero-order valence-electron chi connectivity index (χ0n) is 14.5. The highest BCUT2D eigenvalue weighted by molar-refractivity contribution is 7.89. The summed E-state index contributed by atoms with van der Waals surface area (Å²) in [4.78, 5) is 11.6. The van der Waals surface area contributed by atoms with E-state index in [4.69, 9.17) is 10.00 Å². The summed E-state index contributed by atoms with van der Waals surface area (Å²) >= 11 is 0. The van der Waals surface area contributed by atoms with Crippen molar-refractivity contribution in [2.24, 2.45) is 0 Å². The molecule has 0 unspecified atom stereocenters. The Bertz CT molecular complexity index is 811. The van der Waals surface area contributed by atoms with E-state index in [1.807, 2.05) is 0 Å². The monoisotopic (exact) mass is 375 g/mol. The van der Waals surface area contributed by atoms with E-state index in [1.165, 1.54) is 46.9 Å². The highest BCUT2D eigenvalue weighted by Gasteiger charge is 2.22. The molecule has 0 aliphatic rings. The summed E-state index contributed by atoms with van der Waals surface area (Å²) in [6, 6.07) is 7.66. The summed E-state index contributed by atoms with van der Waals surface area (Å²) in [5.41, 5.74) is 0.326. The molecule has 7 nitrogen and oxygen atoms in total. The van der Waals surface area contributed by atoms with Crippen molar-refractivity contribution in [2.75, 3.05) is 25.0 Å². The van der Waals surface area contributed by atoms with E-state index in [1.54, 1.807) is 13.0 Å². The molecule has 0 fully saturated rings. The van der Waals surface area contributed by atoms with Crippen molar-refractivity contribution in [3.8, 4) is 6.07 Å². The number of esters is 1. The standard InChI is InChI=1S/C18H21N3O4S/c1-4-11-21(12-5-2)26(23,24)17-9-7-16(8-10-17)20-14-15(13-19)18(22)25-6-3/h4-5,7-10,14,20H,1-2,6,11-12H2,3H3/b15-14+. The molecule has 0 amide bonds. The van der Waals surface area contributed by atoms with Gasteiger partial charge in [0.2, 0.25) is 10.0 Å². The van der Waals surface area contributed by atoms with Crippen LogP contribution in [0.15, 0.2) is 66.2 Å². The lowest BCUT2D eigenvalue weighted by molar-refractivity contribution is -0.138. The van der Waals surface area contributed by atoms with E-state index >= 15 is 0 Å². The molecule has 0 radical (unpaired) electrons. The average molecular weight is 375 g/mol. The van der Waals surface area contributed by atoms with Crippen LogP contribution in [0.4, 0.5) is 5.69 Å². The number of ether oxygens (including phenoxy) is 1. The number of benzene rings is 1. The van der Waals surface area contributed by atoms with Gasteiger partial charge in [-0.2, -0.15) is 9.57 Å². The van der Waals surface area contributed by atoms with Gasteiger partial charge in [-0.05, 0) is 31.2 Å². The third kappa shape index (κ3) is 5.58. The fourth-order valence-electron chi connectivity index (χ4n) is 1.93. The predicted molar refractivity (Wildman–Crippen MR) is 99.5 cm³/mol. The number of anilines is 1. The average Bonchev–Trinajstić information content (AvgIpc) is 2.62. The van der Waals surface area contributed by atoms with Gasteiger partial charge >= 0.3 is 5.97 Å². The molecular formula is C18H21N3O4S. The molecule has 1 N–H and O–H groups in total. The summed E-state index contributed by atoms with van der Waals surface area (Å²) in [6.45, 7) is 9.26. The predicted octanol–water partition coefficient (Wildman–Crippen LogP) is 2.43. The van der Waals surface area contributed by atoms with Crippen molar-refractivity contribution in [3.63, 3.8) is 0 Å². The lowest BCUT2D eigenvalue weighted by atomic mass is 10.3. The molecule has 0 spiro atoms. The zero-order valence-corrected chi connectivity index (χ0v) is 15.3. The number of hydrogen-bond acceptors (Lipinski definition) is 6. The SMILES string of the molecule is C=CCN(CC=C)S(=O)(=O)c1ccc(N/C=C(\C#N)C(=O)OCC)cc1. The van der Waals surface area contributed by atoms with Gasteiger partial charge in [0.1, 0.15) is 6.07 Å². The summed E-state index contributed by atoms with van der Waals surface area (Å²) in [5, 5.41) is 11.7. The van der Waals surface area contributed by atoms with Gasteiger partial charge in [0.15, 0.2) is 5.57 Å². The molecule has 0 aliphatic carbocycles. The van der Waals surface area contributed by atoms with Crippen molar-refractivity contribution >= 4 is 21.7 Å². The highest BCUT2D eigenvalue weighted by atomic mass is 32.2. The number of carbonyl (C=O) groups excluding carboxylic acids is 1. The van der Waals surface area contributed by atoms with Gasteiger partial charge in [-0.15, -0.1) is 13.2 Å². The van der Waals surface area contributed by atoms with Crippen LogP contribution in [0.1, 0.15) is 6.92 Å². The number of nitrogens with one attached hydrogen (secondary N) is 1. The Kier molecular flexibility index (Phi) is 8.28. The molecule has 0 saturated carbocycles. The van der Waals surface area contributed by atoms with Crippen LogP contribution >= 0.6 is 0 Å². The molecule has 1 rings (SSSR count). The Morgan fingerprint density at radius 3 is 2.31 bits per heavy atom. The molecule has 1 aromatic rings. The van der Waals surface area contributed by atoms with Crippen LogP contribution in [0.3, 0.4) is 0 Å². The van der Waals surface area contributed by atoms with Gasteiger partial charge in [-0.1, -0.05) is 12.2 Å². The first-order valence-corrected chi connectivity index (χ1v) is 9.20. The van der Waals surface area contributed by atoms with Crippen molar-refractivity contribution in [1.29, 1.82) is 5.26 Å². The molecule has 0 heterocycles. The maximum atomic E-state index is 12.6. The molecule has 26 heavy (non-hydrogen) atoms. The second-order valence-corrected chi connectivity index (χ2v) is 6.90. The third-order valence-electron chi connectivity index (χ3n) is 3.16.